The second kappa shape index (κ2) is 4.09. The zero-order valence-electron chi connectivity index (χ0n) is 11.3. The summed E-state index contributed by atoms with van der Waals surface area (Å²) in [5, 5.41) is 13.4. The van der Waals surface area contributed by atoms with Crippen molar-refractivity contribution in [2.24, 2.45) is 28.3 Å². The number of hydrogen-bond acceptors (Lipinski definition) is 2. The van der Waals surface area contributed by atoms with E-state index in [-0.39, 0.29) is 5.41 Å². The molecule has 0 spiro atoms. The Labute approximate surface area is 114 Å². The molecule has 0 atom stereocenters. The van der Waals surface area contributed by atoms with Gasteiger partial charge in [-0.2, -0.15) is 0 Å². The molecule has 4 saturated carbocycles. The summed E-state index contributed by atoms with van der Waals surface area (Å²) in [5.41, 5.74) is 2.25. The van der Waals surface area contributed by atoms with E-state index in [1.54, 1.807) is 0 Å². The van der Waals surface area contributed by atoms with Gasteiger partial charge in [-0.25, -0.2) is 0 Å². The van der Waals surface area contributed by atoms with Crippen LogP contribution in [-0.4, -0.2) is 10.9 Å². The summed E-state index contributed by atoms with van der Waals surface area (Å²) in [6, 6.07) is 10.3. The van der Waals surface area contributed by atoms with E-state index in [1.165, 1.54) is 38.5 Å². The van der Waals surface area contributed by atoms with E-state index in [0.29, 0.717) is 0 Å². The van der Waals surface area contributed by atoms with Crippen LogP contribution in [0.5, 0.6) is 0 Å². The second-order valence-corrected chi connectivity index (χ2v) is 7.01. The number of hydrogen-bond donors (Lipinski definition) is 1. The minimum atomic E-state index is 0.171. The van der Waals surface area contributed by atoms with E-state index in [0.717, 1.165) is 29.0 Å². The molecule has 4 aliphatic rings. The highest BCUT2D eigenvalue weighted by atomic mass is 16.4. The fourth-order valence-corrected chi connectivity index (χ4v) is 5.47. The molecule has 1 aromatic carbocycles. The topological polar surface area (TPSA) is 32.6 Å². The maximum absolute atomic E-state index is 9.63. The van der Waals surface area contributed by atoms with E-state index >= 15 is 0 Å². The summed E-state index contributed by atoms with van der Waals surface area (Å²) >= 11 is 0. The summed E-state index contributed by atoms with van der Waals surface area (Å²) in [5.74, 6) is 2.64. The lowest BCUT2D eigenvalue weighted by Gasteiger charge is -2.56. The van der Waals surface area contributed by atoms with Crippen molar-refractivity contribution in [1.82, 2.24) is 0 Å². The number of rotatable bonds is 2. The van der Waals surface area contributed by atoms with Crippen molar-refractivity contribution < 1.29 is 5.21 Å². The van der Waals surface area contributed by atoms with Crippen LogP contribution in [0.2, 0.25) is 0 Å². The highest BCUT2D eigenvalue weighted by Gasteiger charge is 2.53. The first-order valence-electron chi connectivity index (χ1n) is 7.57. The van der Waals surface area contributed by atoms with E-state index in [1.807, 2.05) is 18.2 Å². The van der Waals surface area contributed by atoms with Crippen LogP contribution in [0.1, 0.15) is 44.1 Å². The number of benzene rings is 1. The van der Waals surface area contributed by atoms with Crippen LogP contribution in [0, 0.1) is 23.2 Å². The quantitative estimate of drug-likeness (QED) is 0.482. The van der Waals surface area contributed by atoms with Crippen molar-refractivity contribution in [3.8, 4) is 0 Å². The highest BCUT2D eigenvalue weighted by molar-refractivity contribution is 6.04. The van der Waals surface area contributed by atoms with Crippen LogP contribution in [-0.2, 0) is 0 Å². The van der Waals surface area contributed by atoms with Crippen molar-refractivity contribution in [2.45, 2.75) is 38.5 Å². The van der Waals surface area contributed by atoms with Gasteiger partial charge in [0.15, 0.2) is 0 Å². The molecular weight excluding hydrogens is 234 g/mol. The molecule has 0 saturated heterocycles. The molecule has 4 fully saturated rings. The third kappa shape index (κ3) is 1.73. The molecule has 2 heteroatoms. The van der Waals surface area contributed by atoms with Crippen molar-refractivity contribution >= 4 is 5.71 Å². The molecule has 0 aliphatic heterocycles. The molecular formula is C17H21NO. The molecule has 0 aromatic heterocycles. The minimum absolute atomic E-state index is 0.171. The zero-order valence-corrected chi connectivity index (χ0v) is 11.3. The third-order valence-corrected chi connectivity index (χ3v) is 5.69. The Bertz CT molecular complexity index is 470. The maximum atomic E-state index is 9.63. The minimum Gasteiger partial charge on any atom is -0.411 e. The third-order valence-electron chi connectivity index (χ3n) is 5.69. The van der Waals surface area contributed by atoms with E-state index in [9.17, 15) is 5.21 Å². The maximum Gasteiger partial charge on any atom is 0.0929 e. The van der Waals surface area contributed by atoms with Gasteiger partial charge in [0.2, 0.25) is 0 Å². The van der Waals surface area contributed by atoms with Gasteiger partial charge in [-0.1, -0.05) is 35.5 Å². The van der Waals surface area contributed by atoms with Crippen molar-refractivity contribution in [3.63, 3.8) is 0 Å². The van der Waals surface area contributed by atoms with Gasteiger partial charge in [0, 0.05) is 5.41 Å². The fourth-order valence-electron chi connectivity index (χ4n) is 5.47. The molecule has 4 bridgehead atoms. The summed E-state index contributed by atoms with van der Waals surface area (Å²) in [6.07, 6.45) is 8.00. The summed E-state index contributed by atoms with van der Waals surface area (Å²) < 4.78 is 0. The van der Waals surface area contributed by atoms with Crippen LogP contribution in [0.15, 0.2) is 35.5 Å². The number of oxime groups is 1. The normalized spacial score (nSPS) is 40.6. The van der Waals surface area contributed by atoms with E-state index < -0.39 is 0 Å². The molecule has 19 heavy (non-hydrogen) atoms. The molecule has 0 amide bonds. The molecule has 0 radical (unpaired) electrons. The standard InChI is InChI=1S/C17H21NO/c19-18-16(15-4-2-1-3-5-15)17-9-12-6-13(10-17)8-14(7-12)11-17/h1-5,12-14,19H,6-11H2/b18-16-. The smallest absolute Gasteiger partial charge is 0.0929 e. The Kier molecular flexibility index (Phi) is 2.48. The average Bonchev–Trinajstić information content (AvgIpc) is 2.38. The van der Waals surface area contributed by atoms with E-state index in [4.69, 9.17) is 0 Å². The Balaban J connectivity index is 1.74. The molecule has 100 valence electrons. The van der Waals surface area contributed by atoms with Gasteiger partial charge in [0.05, 0.1) is 5.71 Å². The van der Waals surface area contributed by atoms with Gasteiger partial charge in [0.1, 0.15) is 0 Å². The van der Waals surface area contributed by atoms with E-state index in [2.05, 4.69) is 17.3 Å². The first-order valence-corrected chi connectivity index (χ1v) is 7.57. The zero-order chi connectivity index (χ0) is 12.9. The predicted octanol–water partition coefficient (Wildman–Crippen LogP) is 4.08. The van der Waals surface area contributed by atoms with Crippen molar-refractivity contribution in [2.75, 3.05) is 0 Å². The van der Waals surface area contributed by atoms with Gasteiger partial charge < -0.3 is 5.21 Å². The molecule has 0 unspecified atom stereocenters. The predicted molar refractivity (Wildman–Crippen MR) is 75.4 cm³/mol. The Morgan fingerprint density at radius 2 is 1.47 bits per heavy atom. The largest absolute Gasteiger partial charge is 0.411 e. The van der Waals surface area contributed by atoms with Gasteiger partial charge in [-0.3, -0.25) is 0 Å². The Morgan fingerprint density at radius 3 is 1.95 bits per heavy atom. The van der Waals surface area contributed by atoms with Crippen molar-refractivity contribution in [1.29, 1.82) is 0 Å². The lowest BCUT2D eigenvalue weighted by atomic mass is 9.48. The van der Waals surface area contributed by atoms with Crippen LogP contribution in [0.4, 0.5) is 0 Å². The Hall–Kier alpha value is -1.31. The second-order valence-electron chi connectivity index (χ2n) is 7.01. The van der Waals surface area contributed by atoms with Gasteiger partial charge in [-0.15, -0.1) is 0 Å². The SMILES string of the molecule is O/N=C(/c1ccccc1)C12CC3CC(CC(C3)C1)C2. The summed E-state index contributed by atoms with van der Waals surface area (Å²) in [4.78, 5) is 0. The van der Waals surface area contributed by atoms with Gasteiger partial charge in [0.25, 0.3) is 0 Å². The monoisotopic (exact) mass is 255 g/mol. The summed E-state index contributed by atoms with van der Waals surface area (Å²) in [7, 11) is 0. The molecule has 1 aromatic rings. The fraction of sp³-hybridized carbons (Fsp3) is 0.588. The lowest BCUT2D eigenvalue weighted by molar-refractivity contribution is -0.0133. The first-order chi connectivity index (χ1) is 9.29. The molecule has 5 rings (SSSR count). The average molecular weight is 255 g/mol. The molecule has 2 nitrogen and oxygen atoms in total. The number of nitrogens with zero attached hydrogens (tertiary/aromatic N) is 1. The van der Waals surface area contributed by atoms with Crippen LogP contribution in [0.25, 0.3) is 0 Å². The molecule has 4 aliphatic carbocycles. The van der Waals surface area contributed by atoms with Crippen LogP contribution in [0.3, 0.4) is 0 Å². The van der Waals surface area contributed by atoms with Crippen molar-refractivity contribution in [3.05, 3.63) is 35.9 Å². The van der Waals surface area contributed by atoms with Crippen LogP contribution < -0.4 is 0 Å². The first kappa shape index (κ1) is 11.5. The van der Waals surface area contributed by atoms with Gasteiger partial charge in [-0.05, 0) is 61.8 Å². The summed E-state index contributed by atoms with van der Waals surface area (Å²) in [6.45, 7) is 0. The molecule has 0 heterocycles. The highest BCUT2D eigenvalue weighted by Crippen LogP contribution is 2.61. The van der Waals surface area contributed by atoms with Crippen LogP contribution >= 0.6 is 0 Å². The Morgan fingerprint density at radius 1 is 0.947 bits per heavy atom. The molecule has 1 N–H and O–H groups in total. The lowest BCUT2D eigenvalue weighted by Crippen LogP contribution is -2.50. The van der Waals surface area contributed by atoms with Gasteiger partial charge >= 0.3 is 0 Å².